The van der Waals surface area contributed by atoms with Gasteiger partial charge in [-0.25, -0.2) is 0 Å². The van der Waals surface area contributed by atoms with E-state index in [4.69, 9.17) is 0 Å². The fraction of sp³-hybridized carbons (Fsp3) is 0.647. The number of hydrogen-bond donors (Lipinski definition) is 0. The third kappa shape index (κ3) is 2.95. The number of hydrogen-bond acceptors (Lipinski definition) is 1. The van der Waals surface area contributed by atoms with Crippen molar-refractivity contribution < 1.29 is 0 Å². The van der Waals surface area contributed by atoms with Crippen LogP contribution in [0.3, 0.4) is 0 Å². The zero-order valence-corrected chi connectivity index (χ0v) is 12.6. The van der Waals surface area contributed by atoms with Crippen LogP contribution in [0.4, 0.5) is 0 Å². The van der Waals surface area contributed by atoms with E-state index in [1.165, 1.54) is 37.1 Å². The quantitative estimate of drug-likeness (QED) is 0.720. The van der Waals surface area contributed by atoms with Gasteiger partial charge in [0, 0.05) is 0 Å². The second-order valence-electron chi connectivity index (χ2n) is 6.90. The van der Waals surface area contributed by atoms with Crippen molar-refractivity contribution in [2.45, 2.75) is 51.9 Å². The van der Waals surface area contributed by atoms with E-state index in [1.807, 2.05) is 0 Å². The van der Waals surface area contributed by atoms with Gasteiger partial charge in [-0.05, 0) is 67.9 Å². The Morgan fingerprint density at radius 3 is 2.22 bits per heavy atom. The number of piperidine rings is 1. The van der Waals surface area contributed by atoms with Gasteiger partial charge in [-0.1, -0.05) is 39.0 Å². The first kappa shape index (κ1) is 13.6. The van der Waals surface area contributed by atoms with Gasteiger partial charge in [0.1, 0.15) is 0 Å². The van der Waals surface area contributed by atoms with Crippen LogP contribution >= 0.6 is 0 Å². The zero-order valence-electron chi connectivity index (χ0n) is 12.6. The summed E-state index contributed by atoms with van der Waals surface area (Å²) < 4.78 is 0. The third-order valence-electron chi connectivity index (χ3n) is 4.25. The molecule has 1 fully saturated rings. The lowest BCUT2D eigenvalue weighted by Gasteiger charge is -2.30. The second-order valence-corrected chi connectivity index (χ2v) is 6.90. The molecule has 0 radical (unpaired) electrons. The van der Waals surface area contributed by atoms with Crippen LogP contribution in [0.2, 0.25) is 0 Å². The van der Waals surface area contributed by atoms with Crippen molar-refractivity contribution in [3.05, 3.63) is 34.9 Å². The summed E-state index contributed by atoms with van der Waals surface area (Å²) in [4.78, 5) is 2.44. The fourth-order valence-corrected chi connectivity index (χ4v) is 3.12. The van der Waals surface area contributed by atoms with Crippen molar-refractivity contribution in [3.8, 4) is 0 Å². The van der Waals surface area contributed by atoms with E-state index in [2.05, 4.69) is 57.8 Å². The van der Waals surface area contributed by atoms with Crippen LogP contribution in [0.25, 0.3) is 0 Å². The molecule has 0 aromatic heterocycles. The lowest BCUT2D eigenvalue weighted by Crippen LogP contribution is -2.29. The molecule has 0 atom stereocenters. The summed E-state index contributed by atoms with van der Waals surface area (Å²) >= 11 is 0. The molecule has 1 aliphatic rings. The Hall–Kier alpha value is -0.820. The Bertz CT molecular complexity index is 406. The molecule has 100 valence electrons. The highest BCUT2D eigenvalue weighted by Crippen LogP contribution is 2.32. The molecule has 0 saturated carbocycles. The Kier molecular flexibility index (Phi) is 3.82. The minimum Gasteiger partial charge on any atom is -0.306 e. The van der Waals surface area contributed by atoms with Gasteiger partial charge in [0.05, 0.1) is 0 Å². The molecule has 1 aliphatic heterocycles. The van der Waals surface area contributed by atoms with Gasteiger partial charge in [-0.2, -0.15) is 0 Å². The van der Waals surface area contributed by atoms with Gasteiger partial charge in [-0.15, -0.1) is 0 Å². The van der Waals surface area contributed by atoms with Crippen molar-refractivity contribution >= 4 is 0 Å². The highest BCUT2D eigenvalue weighted by molar-refractivity contribution is 5.37. The van der Waals surface area contributed by atoms with Crippen LogP contribution < -0.4 is 0 Å². The van der Waals surface area contributed by atoms with Crippen LogP contribution in [0, 0.1) is 6.92 Å². The minimum absolute atomic E-state index is 0.259. The highest BCUT2D eigenvalue weighted by atomic mass is 15.1. The Morgan fingerprint density at radius 2 is 1.72 bits per heavy atom. The molecule has 1 saturated heterocycles. The molecule has 0 spiro atoms. The molecule has 1 aromatic rings. The van der Waals surface area contributed by atoms with Crippen molar-refractivity contribution in [2.24, 2.45) is 0 Å². The van der Waals surface area contributed by atoms with E-state index in [-0.39, 0.29) is 5.41 Å². The second kappa shape index (κ2) is 5.05. The predicted molar refractivity (Wildman–Crippen MR) is 79.4 cm³/mol. The molecular weight excluding hydrogens is 218 g/mol. The molecule has 1 heteroatoms. The van der Waals surface area contributed by atoms with Crippen LogP contribution in [0.5, 0.6) is 0 Å². The van der Waals surface area contributed by atoms with Gasteiger partial charge in [0.2, 0.25) is 0 Å². The number of likely N-dealkylation sites (tertiary alicyclic amines) is 1. The summed E-state index contributed by atoms with van der Waals surface area (Å²) in [5.74, 6) is 0.772. The predicted octanol–water partition coefficient (Wildman–Crippen LogP) is 4.10. The summed E-state index contributed by atoms with van der Waals surface area (Å²) in [6, 6.07) is 7.14. The van der Waals surface area contributed by atoms with Gasteiger partial charge >= 0.3 is 0 Å². The first-order chi connectivity index (χ1) is 8.38. The molecule has 0 aliphatic carbocycles. The maximum absolute atomic E-state index is 2.44. The SMILES string of the molecule is Cc1cc(C2CCN(C)CC2)ccc1C(C)(C)C. The van der Waals surface area contributed by atoms with Crippen molar-refractivity contribution in [3.63, 3.8) is 0 Å². The average Bonchev–Trinajstić information content (AvgIpc) is 2.28. The third-order valence-corrected chi connectivity index (χ3v) is 4.25. The van der Waals surface area contributed by atoms with Crippen LogP contribution in [0.1, 0.15) is 56.2 Å². The van der Waals surface area contributed by atoms with Gasteiger partial charge in [0.15, 0.2) is 0 Å². The minimum atomic E-state index is 0.259. The van der Waals surface area contributed by atoms with Crippen molar-refractivity contribution in [2.75, 3.05) is 20.1 Å². The molecule has 0 unspecified atom stereocenters. The van der Waals surface area contributed by atoms with E-state index >= 15 is 0 Å². The van der Waals surface area contributed by atoms with Crippen molar-refractivity contribution in [1.29, 1.82) is 0 Å². The summed E-state index contributed by atoms with van der Waals surface area (Å²) in [5.41, 5.74) is 4.75. The standard InChI is InChI=1S/C17H27N/c1-13-12-15(6-7-16(13)17(2,3)4)14-8-10-18(5)11-9-14/h6-7,12,14H,8-11H2,1-5H3. The van der Waals surface area contributed by atoms with E-state index in [0.29, 0.717) is 0 Å². The topological polar surface area (TPSA) is 3.24 Å². The molecule has 0 bridgehead atoms. The molecule has 0 N–H and O–H groups in total. The van der Waals surface area contributed by atoms with Crippen molar-refractivity contribution in [1.82, 2.24) is 4.90 Å². The first-order valence-corrected chi connectivity index (χ1v) is 7.17. The summed E-state index contributed by atoms with van der Waals surface area (Å²) in [6.07, 6.45) is 2.62. The summed E-state index contributed by atoms with van der Waals surface area (Å²) in [7, 11) is 2.23. The zero-order chi connectivity index (χ0) is 13.3. The van der Waals surface area contributed by atoms with Crippen LogP contribution in [-0.2, 0) is 5.41 Å². The molecule has 0 amide bonds. The number of benzene rings is 1. The van der Waals surface area contributed by atoms with Crippen LogP contribution in [0.15, 0.2) is 18.2 Å². The Morgan fingerprint density at radius 1 is 1.11 bits per heavy atom. The molecular formula is C17H27N. The Balaban J connectivity index is 2.19. The smallest absolute Gasteiger partial charge is 0.00159 e. The van der Waals surface area contributed by atoms with E-state index < -0.39 is 0 Å². The van der Waals surface area contributed by atoms with E-state index in [0.717, 1.165) is 5.92 Å². The average molecular weight is 245 g/mol. The molecule has 2 rings (SSSR count). The lowest BCUT2D eigenvalue weighted by atomic mass is 9.81. The first-order valence-electron chi connectivity index (χ1n) is 7.17. The van der Waals surface area contributed by atoms with Gasteiger partial charge < -0.3 is 4.90 Å². The van der Waals surface area contributed by atoms with Gasteiger partial charge in [0.25, 0.3) is 0 Å². The Labute approximate surface area is 112 Å². The summed E-state index contributed by atoms with van der Waals surface area (Å²) in [6.45, 7) is 11.6. The maximum atomic E-state index is 2.44. The largest absolute Gasteiger partial charge is 0.306 e. The van der Waals surface area contributed by atoms with E-state index in [1.54, 1.807) is 5.56 Å². The summed E-state index contributed by atoms with van der Waals surface area (Å²) in [5, 5.41) is 0. The fourth-order valence-electron chi connectivity index (χ4n) is 3.12. The van der Waals surface area contributed by atoms with E-state index in [9.17, 15) is 0 Å². The monoisotopic (exact) mass is 245 g/mol. The lowest BCUT2D eigenvalue weighted by molar-refractivity contribution is 0.255. The van der Waals surface area contributed by atoms with Crippen LogP contribution in [-0.4, -0.2) is 25.0 Å². The number of rotatable bonds is 1. The maximum Gasteiger partial charge on any atom is -0.00159 e. The molecule has 1 nitrogen and oxygen atoms in total. The highest BCUT2D eigenvalue weighted by Gasteiger charge is 2.21. The number of aryl methyl sites for hydroxylation is 1. The molecule has 1 aromatic carbocycles. The number of nitrogens with zero attached hydrogens (tertiary/aromatic N) is 1. The normalized spacial score (nSPS) is 19.2. The molecule has 1 heterocycles. The molecule has 18 heavy (non-hydrogen) atoms. The van der Waals surface area contributed by atoms with Gasteiger partial charge in [-0.3, -0.25) is 0 Å².